The van der Waals surface area contributed by atoms with Gasteiger partial charge in [0, 0.05) is 16.8 Å². The number of rotatable bonds is 1. The van der Waals surface area contributed by atoms with E-state index in [-0.39, 0.29) is 16.8 Å². The van der Waals surface area contributed by atoms with Gasteiger partial charge in [-0.05, 0) is 6.08 Å². The molecular weight excluding hydrogens is 123 g/mol. The van der Waals surface area contributed by atoms with Crippen LogP contribution in [0.4, 0.5) is 0 Å². The van der Waals surface area contributed by atoms with Crippen LogP contribution in [0.15, 0.2) is 12.7 Å². The van der Waals surface area contributed by atoms with E-state index >= 15 is 0 Å². The summed E-state index contributed by atoms with van der Waals surface area (Å²) in [5, 5.41) is 0. The van der Waals surface area contributed by atoms with Crippen LogP contribution >= 0.6 is 0 Å². The van der Waals surface area contributed by atoms with Crippen molar-refractivity contribution in [3.05, 3.63) is 19.6 Å². The topological polar surface area (TPSA) is 17.1 Å². The van der Waals surface area contributed by atoms with Crippen molar-refractivity contribution in [3.63, 3.8) is 0 Å². The van der Waals surface area contributed by atoms with Crippen LogP contribution in [0, 0.1) is 6.92 Å². The first-order valence-corrected chi connectivity index (χ1v) is 1.15. The number of carbonyl (C=O) groups excluding carboxylic acids is 1. The summed E-state index contributed by atoms with van der Waals surface area (Å²) in [5.74, 6) is -0.731. The van der Waals surface area contributed by atoms with E-state index in [2.05, 4.69) is 6.58 Å². The first kappa shape index (κ1) is 9.32. The molecule has 0 rings (SSSR count). The minimum Gasteiger partial charge on any atom is -0.294 e. The summed E-state index contributed by atoms with van der Waals surface area (Å²) in [4.78, 5) is 9.36. The van der Waals surface area contributed by atoms with Crippen molar-refractivity contribution < 1.29 is 21.6 Å². The molecule has 0 bridgehead atoms. The fourth-order valence-electron chi connectivity index (χ4n) is 0. The van der Waals surface area contributed by atoms with Gasteiger partial charge in [-0.2, -0.15) is 0 Å². The average molecular weight is 126 g/mol. The Hall–Kier alpha value is -0.0835. The van der Waals surface area contributed by atoms with Crippen LogP contribution in [0.3, 0.4) is 0 Å². The van der Waals surface area contributed by atoms with E-state index in [1.165, 1.54) is 0 Å². The number of hydrogen-bond acceptors (Lipinski definition) is 1. The van der Waals surface area contributed by atoms with E-state index in [0.29, 0.717) is 0 Å². The summed E-state index contributed by atoms with van der Waals surface area (Å²) in [7, 11) is 0. The molecule has 6 heavy (non-hydrogen) atoms. The minimum absolute atomic E-state index is 0. The fraction of sp³-hybridized carbons (Fsp3) is 0. The van der Waals surface area contributed by atoms with E-state index in [4.69, 9.17) is 6.92 Å². The quantitative estimate of drug-likeness (QED) is 0.462. The predicted octanol–water partition coefficient (Wildman–Crippen LogP) is 0.327. The number of hydrogen-bond donors (Lipinski definition) is 0. The first-order valence-electron chi connectivity index (χ1n) is 1.15. The summed E-state index contributed by atoms with van der Waals surface area (Å²) >= 11 is 0. The van der Waals surface area contributed by atoms with Gasteiger partial charge in [0.2, 0.25) is 0 Å². The van der Waals surface area contributed by atoms with Crippen LogP contribution in [0.25, 0.3) is 0 Å². The van der Waals surface area contributed by atoms with Crippen molar-refractivity contribution in [1.82, 2.24) is 0 Å². The van der Waals surface area contributed by atoms with Crippen LogP contribution in [-0.4, -0.2) is 5.78 Å². The van der Waals surface area contributed by atoms with Gasteiger partial charge in [0.15, 0.2) is 5.78 Å². The Labute approximate surface area is 47.6 Å². The molecule has 0 amide bonds. The van der Waals surface area contributed by atoms with Crippen molar-refractivity contribution in [3.8, 4) is 0 Å². The van der Waals surface area contributed by atoms with E-state index in [1.54, 1.807) is 0 Å². The van der Waals surface area contributed by atoms with Gasteiger partial charge in [-0.1, -0.05) is 6.58 Å². The van der Waals surface area contributed by atoms with Gasteiger partial charge in [0.25, 0.3) is 0 Å². The van der Waals surface area contributed by atoms with E-state index < -0.39 is 5.78 Å². The molecule has 0 spiro atoms. The van der Waals surface area contributed by atoms with Gasteiger partial charge in [0.05, 0.1) is 6.92 Å². The monoisotopic (exact) mass is 126 g/mol. The third-order valence-electron chi connectivity index (χ3n) is 0.185. The molecular formula is C4H3CoO. The Morgan fingerprint density at radius 3 is 2.00 bits per heavy atom. The van der Waals surface area contributed by atoms with Crippen molar-refractivity contribution in [2.45, 2.75) is 0 Å². The number of allylic oxidation sites excluding steroid dienone is 1. The Morgan fingerprint density at radius 2 is 2.00 bits per heavy atom. The molecule has 0 aromatic carbocycles. The molecule has 0 aliphatic rings. The maximum absolute atomic E-state index is 9.36. The molecule has 1 nitrogen and oxygen atoms in total. The smallest absolute Gasteiger partial charge is 0.164 e. The molecule has 0 unspecified atom stereocenters. The SMILES string of the molecule is [C]C(=O)C=C.[Co]. The van der Waals surface area contributed by atoms with Crippen LogP contribution in [0.1, 0.15) is 0 Å². The van der Waals surface area contributed by atoms with Crippen LogP contribution < -0.4 is 0 Å². The molecule has 0 aliphatic heterocycles. The van der Waals surface area contributed by atoms with E-state index in [1.807, 2.05) is 0 Å². The van der Waals surface area contributed by atoms with Gasteiger partial charge in [0.1, 0.15) is 0 Å². The maximum Gasteiger partial charge on any atom is 0.164 e. The van der Waals surface area contributed by atoms with Gasteiger partial charge in [-0.15, -0.1) is 0 Å². The zero-order chi connectivity index (χ0) is 4.28. The van der Waals surface area contributed by atoms with Crippen LogP contribution in [0.2, 0.25) is 0 Å². The fourth-order valence-corrected chi connectivity index (χ4v) is 0. The standard InChI is InChI=1S/C4H3O.Co/c1-3-4(2)5;/h3H,1H2;. The van der Waals surface area contributed by atoms with Crippen molar-refractivity contribution in [2.24, 2.45) is 0 Å². The molecule has 0 fully saturated rings. The minimum atomic E-state index is -0.731. The van der Waals surface area contributed by atoms with Crippen LogP contribution in [-0.2, 0) is 21.6 Å². The Balaban J connectivity index is 0. The summed E-state index contributed by atoms with van der Waals surface area (Å²) < 4.78 is 0. The Kier molecular flexibility index (Phi) is 7.64. The summed E-state index contributed by atoms with van der Waals surface area (Å²) in [6, 6.07) is 0. The predicted molar refractivity (Wildman–Crippen MR) is 18.4 cm³/mol. The molecule has 0 aromatic rings. The maximum atomic E-state index is 9.36. The summed E-state index contributed by atoms with van der Waals surface area (Å²) in [6.07, 6.45) is 0.944. The molecule has 4 radical (unpaired) electrons. The van der Waals surface area contributed by atoms with Gasteiger partial charge >= 0.3 is 0 Å². The van der Waals surface area contributed by atoms with Gasteiger partial charge < -0.3 is 0 Å². The molecule has 0 aromatic heterocycles. The van der Waals surface area contributed by atoms with E-state index in [0.717, 1.165) is 6.08 Å². The number of carbonyl (C=O) groups is 1. The second-order valence-electron chi connectivity index (χ2n) is 0.568. The van der Waals surface area contributed by atoms with Gasteiger partial charge in [-0.3, -0.25) is 4.79 Å². The third-order valence-corrected chi connectivity index (χ3v) is 0.185. The molecule has 0 saturated heterocycles. The molecule has 0 aliphatic carbocycles. The number of ketones is 1. The molecule has 0 heterocycles. The largest absolute Gasteiger partial charge is 0.294 e. The Bertz CT molecular complexity index is 58.6. The zero-order valence-electron chi connectivity index (χ0n) is 3.03. The van der Waals surface area contributed by atoms with Gasteiger partial charge in [-0.25, -0.2) is 0 Å². The Morgan fingerprint density at radius 1 is 1.83 bits per heavy atom. The first-order chi connectivity index (χ1) is 2.27. The van der Waals surface area contributed by atoms with Crippen LogP contribution in [0.5, 0.6) is 0 Å². The van der Waals surface area contributed by atoms with E-state index in [9.17, 15) is 4.79 Å². The van der Waals surface area contributed by atoms with Crippen molar-refractivity contribution >= 4 is 5.78 Å². The second-order valence-corrected chi connectivity index (χ2v) is 0.568. The molecule has 0 atom stereocenters. The third kappa shape index (κ3) is 9.07. The summed E-state index contributed by atoms with van der Waals surface area (Å²) in [6.45, 7) is 9.09. The zero-order valence-corrected chi connectivity index (χ0v) is 4.07. The normalized spacial score (nSPS) is 5.50. The average Bonchev–Trinajstić information content (AvgIpc) is 1.38. The molecule has 0 saturated carbocycles. The second kappa shape index (κ2) is 4.92. The molecule has 2 heteroatoms. The molecule has 0 N–H and O–H groups in total. The van der Waals surface area contributed by atoms with Crippen molar-refractivity contribution in [1.29, 1.82) is 0 Å². The van der Waals surface area contributed by atoms with Crippen molar-refractivity contribution in [2.75, 3.05) is 0 Å². The molecule has 34 valence electrons. The summed E-state index contributed by atoms with van der Waals surface area (Å²) in [5.41, 5.74) is 0.